The van der Waals surface area contributed by atoms with Gasteiger partial charge in [-0.05, 0) is 35.4 Å². The molecule has 1 heterocycles. The second-order valence-electron chi connectivity index (χ2n) is 5.92. The number of rotatable bonds is 4. The molecule has 0 radical (unpaired) electrons. The summed E-state index contributed by atoms with van der Waals surface area (Å²) in [5.41, 5.74) is 0.805. The molecule has 148 valence electrons. The second kappa shape index (κ2) is 6.93. The first kappa shape index (κ1) is 19.9. The second-order valence-corrected chi connectivity index (χ2v) is 7.90. The molecule has 0 aliphatic carbocycles. The van der Waals surface area contributed by atoms with Gasteiger partial charge in [0.1, 0.15) is 23.1 Å². The van der Waals surface area contributed by atoms with Crippen LogP contribution < -0.4 is 4.74 Å². The molecule has 10 heteroatoms. The molecule has 2 aromatic rings. The molecule has 0 fully saturated rings. The van der Waals surface area contributed by atoms with Gasteiger partial charge in [0.2, 0.25) is 0 Å². The molecule has 0 bridgehead atoms. The minimum atomic E-state index is -4.85. The van der Waals surface area contributed by atoms with E-state index in [-0.39, 0.29) is 28.9 Å². The van der Waals surface area contributed by atoms with E-state index in [2.05, 4.69) is 4.74 Å². The average molecular weight is 416 g/mol. The highest BCUT2D eigenvalue weighted by Gasteiger charge is 2.32. The van der Waals surface area contributed by atoms with Crippen molar-refractivity contribution in [3.63, 3.8) is 0 Å². The lowest BCUT2D eigenvalue weighted by atomic mass is 9.96. The van der Waals surface area contributed by atoms with E-state index in [1.807, 2.05) is 0 Å². The van der Waals surface area contributed by atoms with Crippen molar-refractivity contribution in [2.75, 3.05) is 12.9 Å². The van der Waals surface area contributed by atoms with Crippen LogP contribution in [-0.2, 0) is 19.4 Å². The molecule has 0 N–H and O–H groups in total. The number of carbonyl (C=O) groups is 1. The van der Waals surface area contributed by atoms with Crippen LogP contribution in [0.3, 0.4) is 0 Å². The number of ether oxygens (including phenoxy) is 2. The van der Waals surface area contributed by atoms with Gasteiger partial charge in [-0.1, -0.05) is 18.2 Å². The summed E-state index contributed by atoms with van der Waals surface area (Å²) < 4.78 is 82.8. The summed E-state index contributed by atoms with van der Waals surface area (Å²) in [5.74, 6) is -2.18. The van der Waals surface area contributed by atoms with Crippen molar-refractivity contribution in [1.29, 1.82) is 0 Å². The number of hydrogen-bond donors (Lipinski definition) is 0. The highest BCUT2D eigenvalue weighted by molar-refractivity contribution is 7.90. The maximum absolute atomic E-state index is 14.2. The molecule has 2 aromatic carbocycles. The minimum Gasteiger partial charge on any atom is -0.457 e. The first-order valence-corrected chi connectivity index (χ1v) is 9.61. The van der Waals surface area contributed by atoms with Crippen LogP contribution in [0.5, 0.6) is 5.75 Å². The van der Waals surface area contributed by atoms with Crippen LogP contribution in [0.2, 0.25) is 0 Å². The summed E-state index contributed by atoms with van der Waals surface area (Å²) >= 11 is 0. The van der Waals surface area contributed by atoms with Crippen LogP contribution in [0.25, 0.3) is 11.1 Å². The lowest BCUT2D eigenvalue weighted by Gasteiger charge is -2.10. The van der Waals surface area contributed by atoms with Crippen LogP contribution in [0.1, 0.15) is 11.1 Å². The fraction of sp³-hybridized carbons (Fsp3) is 0.167. The summed E-state index contributed by atoms with van der Waals surface area (Å²) in [5, 5.41) is 0. The molecule has 0 saturated heterocycles. The van der Waals surface area contributed by atoms with Gasteiger partial charge in [0.15, 0.2) is 9.84 Å². The largest absolute Gasteiger partial charge is 0.573 e. The smallest absolute Gasteiger partial charge is 0.457 e. The molecule has 28 heavy (non-hydrogen) atoms. The number of benzene rings is 2. The topological polar surface area (TPSA) is 69.7 Å². The van der Waals surface area contributed by atoms with Gasteiger partial charge in [0.05, 0.1) is 5.57 Å². The Hall–Kier alpha value is -2.88. The third-order valence-electron chi connectivity index (χ3n) is 3.91. The summed E-state index contributed by atoms with van der Waals surface area (Å²) in [6, 6.07) is 7.92. The summed E-state index contributed by atoms with van der Waals surface area (Å²) in [7, 11) is -3.77. The van der Waals surface area contributed by atoms with Crippen LogP contribution in [0, 0.1) is 5.82 Å². The minimum absolute atomic E-state index is 0.0464. The molecular weight excluding hydrogens is 404 g/mol. The van der Waals surface area contributed by atoms with Crippen LogP contribution >= 0.6 is 0 Å². The van der Waals surface area contributed by atoms with Crippen molar-refractivity contribution < 1.29 is 40.2 Å². The zero-order valence-corrected chi connectivity index (χ0v) is 15.0. The van der Waals surface area contributed by atoms with E-state index < -0.39 is 38.6 Å². The van der Waals surface area contributed by atoms with Gasteiger partial charge < -0.3 is 9.47 Å². The van der Waals surface area contributed by atoms with Crippen molar-refractivity contribution in [2.45, 2.75) is 11.3 Å². The molecule has 0 atom stereocenters. The zero-order chi connectivity index (χ0) is 20.7. The SMILES string of the molecule is CS(=O)(=O)c1ccc(C2=C(c3ccc(OC(F)(F)F)cc3)C(=O)OC2)cc1F. The van der Waals surface area contributed by atoms with Crippen molar-refractivity contribution in [1.82, 2.24) is 0 Å². The Kier molecular flexibility index (Phi) is 4.92. The first-order chi connectivity index (χ1) is 13.0. The van der Waals surface area contributed by atoms with Crippen molar-refractivity contribution in [3.05, 3.63) is 59.4 Å². The van der Waals surface area contributed by atoms with Gasteiger partial charge >= 0.3 is 12.3 Å². The molecular formula is C18H12F4O5S. The van der Waals surface area contributed by atoms with E-state index in [1.165, 1.54) is 18.2 Å². The van der Waals surface area contributed by atoms with Crippen molar-refractivity contribution >= 4 is 27.0 Å². The molecule has 0 saturated carbocycles. The van der Waals surface area contributed by atoms with E-state index in [4.69, 9.17) is 4.74 Å². The summed E-state index contributed by atoms with van der Waals surface area (Å²) in [6.07, 6.45) is -3.99. The number of carbonyl (C=O) groups excluding carboxylic acids is 1. The predicted molar refractivity (Wildman–Crippen MR) is 90.4 cm³/mol. The third kappa shape index (κ3) is 4.16. The molecule has 5 nitrogen and oxygen atoms in total. The Balaban J connectivity index is 2.02. The van der Waals surface area contributed by atoms with E-state index >= 15 is 0 Å². The van der Waals surface area contributed by atoms with Gasteiger partial charge in [-0.25, -0.2) is 17.6 Å². The first-order valence-electron chi connectivity index (χ1n) is 7.72. The Morgan fingerprint density at radius 1 is 1.04 bits per heavy atom. The lowest BCUT2D eigenvalue weighted by molar-refractivity contribution is -0.274. The summed E-state index contributed by atoms with van der Waals surface area (Å²) in [4.78, 5) is 11.6. The van der Waals surface area contributed by atoms with Crippen LogP contribution in [0.15, 0.2) is 47.4 Å². The van der Waals surface area contributed by atoms with E-state index in [0.29, 0.717) is 0 Å². The zero-order valence-electron chi connectivity index (χ0n) is 14.2. The quantitative estimate of drug-likeness (QED) is 0.563. The lowest BCUT2D eigenvalue weighted by Crippen LogP contribution is -2.17. The Morgan fingerprint density at radius 3 is 2.18 bits per heavy atom. The van der Waals surface area contributed by atoms with Crippen LogP contribution in [-0.4, -0.2) is 33.6 Å². The molecule has 1 aliphatic heterocycles. The maximum Gasteiger partial charge on any atom is 0.573 e. The van der Waals surface area contributed by atoms with Crippen molar-refractivity contribution in [3.8, 4) is 5.75 Å². The van der Waals surface area contributed by atoms with Crippen LogP contribution in [0.4, 0.5) is 17.6 Å². The van der Waals surface area contributed by atoms with Gasteiger partial charge in [-0.15, -0.1) is 13.2 Å². The Morgan fingerprint density at radius 2 is 1.64 bits per heavy atom. The van der Waals surface area contributed by atoms with Gasteiger partial charge in [-0.2, -0.15) is 0 Å². The van der Waals surface area contributed by atoms with Gasteiger partial charge in [-0.3, -0.25) is 0 Å². The fourth-order valence-corrected chi connectivity index (χ4v) is 3.47. The number of hydrogen-bond acceptors (Lipinski definition) is 5. The molecule has 1 aliphatic rings. The maximum atomic E-state index is 14.2. The molecule has 3 rings (SSSR count). The monoisotopic (exact) mass is 416 g/mol. The third-order valence-corrected chi connectivity index (χ3v) is 5.04. The number of alkyl halides is 3. The molecule has 0 aromatic heterocycles. The van der Waals surface area contributed by atoms with Gasteiger partial charge in [0, 0.05) is 11.8 Å². The predicted octanol–water partition coefficient (Wildman–Crippen LogP) is 3.60. The highest BCUT2D eigenvalue weighted by atomic mass is 32.2. The average Bonchev–Trinajstić information content (AvgIpc) is 2.94. The summed E-state index contributed by atoms with van der Waals surface area (Å²) in [6.45, 7) is -0.188. The highest BCUT2D eigenvalue weighted by Crippen LogP contribution is 2.35. The standard InChI is InChI=1S/C18H12F4O5S/c1-28(24,25)15-7-4-11(8-14(15)19)13-9-26-17(23)16(13)10-2-5-12(6-3-10)27-18(20,21)22/h2-8H,9H2,1H3. The molecule has 0 spiro atoms. The number of sulfone groups is 1. The van der Waals surface area contributed by atoms with E-state index in [0.717, 1.165) is 30.5 Å². The van der Waals surface area contributed by atoms with Crippen molar-refractivity contribution in [2.24, 2.45) is 0 Å². The number of cyclic esters (lactones) is 1. The van der Waals surface area contributed by atoms with E-state index in [1.54, 1.807) is 0 Å². The molecule has 0 amide bonds. The fourth-order valence-electron chi connectivity index (χ4n) is 2.74. The van der Waals surface area contributed by atoms with E-state index in [9.17, 15) is 30.8 Å². The normalized spacial score (nSPS) is 15.0. The Bertz CT molecular complexity index is 1070. The number of esters is 1. The molecule has 0 unspecified atom stereocenters. The number of halogens is 4. The van der Waals surface area contributed by atoms with Gasteiger partial charge in [0.25, 0.3) is 0 Å². The Labute approximate surface area is 157 Å².